The molecule has 0 aliphatic rings. The average molecular weight is 246 g/mol. The van der Waals surface area contributed by atoms with E-state index >= 15 is 0 Å². The molecule has 7 heteroatoms. The van der Waals surface area contributed by atoms with Gasteiger partial charge in [-0.2, -0.15) is 5.10 Å². The van der Waals surface area contributed by atoms with Gasteiger partial charge in [0.1, 0.15) is 0 Å². The number of rotatable bonds is 6. The van der Waals surface area contributed by atoms with Gasteiger partial charge in [0.25, 0.3) is 10.0 Å². The fourth-order valence-electron chi connectivity index (χ4n) is 1.46. The number of nitrogens with zero attached hydrogens (tertiary/aromatic N) is 1. The van der Waals surface area contributed by atoms with Crippen LogP contribution in [0, 0.1) is 0 Å². The molecule has 16 heavy (non-hydrogen) atoms. The highest BCUT2D eigenvalue weighted by molar-refractivity contribution is 7.89. The minimum atomic E-state index is -3.56. The van der Waals surface area contributed by atoms with E-state index in [-0.39, 0.29) is 11.6 Å². The van der Waals surface area contributed by atoms with Crippen molar-refractivity contribution in [1.29, 1.82) is 0 Å². The summed E-state index contributed by atoms with van der Waals surface area (Å²) in [5.41, 5.74) is 5.06. The molecular weight excluding hydrogens is 228 g/mol. The number of nitrogens with two attached hydrogens (primary N) is 1. The van der Waals surface area contributed by atoms with Crippen molar-refractivity contribution in [2.24, 2.45) is 5.73 Å². The van der Waals surface area contributed by atoms with Crippen molar-refractivity contribution in [2.45, 2.75) is 37.3 Å². The van der Waals surface area contributed by atoms with Gasteiger partial charge < -0.3 is 5.73 Å². The Morgan fingerprint density at radius 2 is 2.12 bits per heavy atom. The molecule has 0 aromatic carbocycles. The lowest BCUT2D eigenvalue weighted by Gasteiger charge is -2.30. The van der Waals surface area contributed by atoms with Crippen molar-refractivity contribution in [3.63, 3.8) is 0 Å². The third kappa shape index (κ3) is 2.60. The van der Waals surface area contributed by atoms with Crippen molar-refractivity contribution >= 4 is 10.0 Å². The van der Waals surface area contributed by atoms with Gasteiger partial charge in [0.15, 0.2) is 5.03 Å². The van der Waals surface area contributed by atoms with E-state index in [9.17, 15) is 8.42 Å². The van der Waals surface area contributed by atoms with E-state index in [1.165, 1.54) is 12.3 Å². The summed E-state index contributed by atoms with van der Waals surface area (Å²) < 4.78 is 26.5. The van der Waals surface area contributed by atoms with Crippen LogP contribution < -0.4 is 10.5 Å². The Kier molecular flexibility index (Phi) is 4.06. The second-order valence-corrected chi connectivity index (χ2v) is 5.37. The lowest BCUT2D eigenvalue weighted by molar-refractivity contribution is 0.362. The Hall–Kier alpha value is -0.920. The number of H-pyrrole nitrogens is 1. The van der Waals surface area contributed by atoms with Gasteiger partial charge in [-0.1, -0.05) is 13.8 Å². The van der Waals surface area contributed by atoms with Crippen LogP contribution in [0.3, 0.4) is 0 Å². The average Bonchev–Trinajstić information content (AvgIpc) is 2.80. The van der Waals surface area contributed by atoms with Crippen LogP contribution in [-0.2, 0) is 10.0 Å². The highest BCUT2D eigenvalue weighted by Gasteiger charge is 2.31. The van der Waals surface area contributed by atoms with Crippen LogP contribution in [0.15, 0.2) is 17.3 Å². The molecule has 0 unspecified atom stereocenters. The van der Waals surface area contributed by atoms with E-state index in [0.717, 1.165) is 0 Å². The SMILES string of the molecule is CCC(CC)(CN)NS(=O)(=O)c1ccn[nH]1. The van der Waals surface area contributed by atoms with Gasteiger partial charge in [-0.25, -0.2) is 13.1 Å². The van der Waals surface area contributed by atoms with Gasteiger partial charge in [-0.05, 0) is 18.9 Å². The molecule has 1 aromatic heterocycles. The Morgan fingerprint density at radius 1 is 1.50 bits per heavy atom. The first-order valence-electron chi connectivity index (χ1n) is 5.23. The van der Waals surface area contributed by atoms with E-state index in [1.54, 1.807) is 0 Å². The molecule has 0 aliphatic heterocycles. The number of hydrogen-bond donors (Lipinski definition) is 3. The van der Waals surface area contributed by atoms with Crippen LogP contribution in [0.25, 0.3) is 0 Å². The quantitative estimate of drug-likeness (QED) is 0.667. The lowest BCUT2D eigenvalue weighted by atomic mass is 9.95. The lowest BCUT2D eigenvalue weighted by Crippen LogP contribution is -2.52. The molecule has 0 amide bonds. The smallest absolute Gasteiger partial charge is 0.258 e. The predicted octanol–water partition coefficient (Wildman–Crippen LogP) is 0.206. The number of hydrogen-bond acceptors (Lipinski definition) is 4. The van der Waals surface area contributed by atoms with Crippen LogP contribution in [0.5, 0.6) is 0 Å². The summed E-state index contributed by atoms with van der Waals surface area (Å²) in [5.74, 6) is 0. The Morgan fingerprint density at radius 3 is 2.50 bits per heavy atom. The molecule has 1 heterocycles. The van der Waals surface area contributed by atoms with Crippen LogP contribution >= 0.6 is 0 Å². The molecule has 6 nitrogen and oxygen atoms in total. The first-order chi connectivity index (χ1) is 7.49. The molecule has 1 rings (SSSR count). The number of aromatic amines is 1. The number of nitrogens with one attached hydrogen (secondary N) is 2. The van der Waals surface area contributed by atoms with E-state index in [4.69, 9.17) is 5.73 Å². The highest BCUT2D eigenvalue weighted by atomic mass is 32.2. The minimum Gasteiger partial charge on any atom is -0.329 e. The van der Waals surface area contributed by atoms with Crippen LogP contribution in [0.4, 0.5) is 0 Å². The highest BCUT2D eigenvalue weighted by Crippen LogP contribution is 2.17. The maximum Gasteiger partial charge on any atom is 0.258 e. The topological polar surface area (TPSA) is 101 Å². The first-order valence-corrected chi connectivity index (χ1v) is 6.71. The van der Waals surface area contributed by atoms with E-state index in [1.807, 2.05) is 13.8 Å². The maximum atomic E-state index is 11.9. The van der Waals surface area contributed by atoms with Crippen molar-refractivity contribution in [2.75, 3.05) is 6.54 Å². The molecular formula is C9H18N4O2S. The van der Waals surface area contributed by atoms with E-state index in [0.29, 0.717) is 12.8 Å². The number of aromatic nitrogens is 2. The van der Waals surface area contributed by atoms with Crippen LogP contribution in [-0.4, -0.2) is 30.7 Å². The van der Waals surface area contributed by atoms with E-state index in [2.05, 4.69) is 14.9 Å². The van der Waals surface area contributed by atoms with Crippen molar-refractivity contribution in [3.05, 3.63) is 12.3 Å². The Bertz CT molecular complexity index is 400. The maximum absolute atomic E-state index is 11.9. The minimum absolute atomic E-state index is 0.0622. The van der Waals surface area contributed by atoms with Gasteiger partial charge in [0.05, 0.1) is 6.20 Å². The fraction of sp³-hybridized carbons (Fsp3) is 0.667. The second kappa shape index (κ2) is 4.94. The molecule has 0 atom stereocenters. The predicted molar refractivity (Wildman–Crippen MR) is 61.3 cm³/mol. The molecule has 1 aromatic rings. The molecule has 0 saturated heterocycles. The van der Waals surface area contributed by atoms with Crippen molar-refractivity contribution in [1.82, 2.24) is 14.9 Å². The third-order valence-electron chi connectivity index (χ3n) is 2.86. The van der Waals surface area contributed by atoms with Crippen LogP contribution in [0.2, 0.25) is 0 Å². The largest absolute Gasteiger partial charge is 0.329 e. The summed E-state index contributed by atoms with van der Waals surface area (Å²) in [6.45, 7) is 4.09. The molecule has 0 saturated carbocycles. The van der Waals surface area contributed by atoms with Gasteiger partial charge in [0.2, 0.25) is 0 Å². The summed E-state index contributed by atoms with van der Waals surface area (Å²) in [6.07, 6.45) is 2.69. The molecule has 4 N–H and O–H groups in total. The van der Waals surface area contributed by atoms with Gasteiger partial charge >= 0.3 is 0 Å². The number of sulfonamides is 1. The van der Waals surface area contributed by atoms with Gasteiger partial charge in [0, 0.05) is 12.1 Å². The fourth-order valence-corrected chi connectivity index (χ4v) is 2.92. The normalized spacial score (nSPS) is 12.9. The van der Waals surface area contributed by atoms with Gasteiger partial charge in [-0.15, -0.1) is 0 Å². The molecule has 0 spiro atoms. The molecule has 0 bridgehead atoms. The monoisotopic (exact) mass is 246 g/mol. The molecule has 92 valence electrons. The summed E-state index contributed by atoms with van der Waals surface area (Å²) in [5, 5.41) is 6.11. The molecule has 0 aliphatic carbocycles. The van der Waals surface area contributed by atoms with Crippen molar-refractivity contribution < 1.29 is 8.42 Å². The summed E-state index contributed by atoms with van der Waals surface area (Å²) in [4.78, 5) is 0. The van der Waals surface area contributed by atoms with Crippen LogP contribution in [0.1, 0.15) is 26.7 Å². The van der Waals surface area contributed by atoms with E-state index < -0.39 is 15.6 Å². The zero-order valence-electron chi connectivity index (χ0n) is 9.53. The third-order valence-corrected chi connectivity index (χ3v) is 4.37. The summed E-state index contributed by atoms with van der Waals surface area (Å²) in [7, 11) is -3.56. The summed E-state index contributed by atoms with van der Waals surface area (Å²) in [6, 6.07) is 1.41. The standard InChI is InChI=1S/C9H18N4O2S/c1-3-9(4-2,7-10)13-16(14,15)8-5-6-11-12-8/h5-6,13H,3-4,7,10H2,1-2H3,(H,11,12). The van der Waals surface area contributed by atoms with Gasteiger partial charge in [-0.3, -0.25) is 5.10 Å². The summed E-state index contributed by atoms with van der Waals surface area (Å²) >= 11 is 0. The zero-order chi connectivity index (χ0) is 12.2. The second-order valence-electron chi connectivity index (χ2n) is 3.72. The first kappa shape index (κ1) is 13.1. The molecule has 0 fully saturated rings. The molecule has 0 radical (unpaired) electrons. The van der Waals surface area contributed by atoms with Crippen molar-refractivity contribution in [3.8, 4) is 0 Å². The Balaban J connectivity index is 2.96. The zero-order valence-corrected chi connectivity index (χ0v) is 10.3. The Labute approximate surface area is 95.7 Å².